The molecule has 96 valence electrons. The average molecular weight is 263 g/mol. The largest absolute Gasteiger partial charge is 0.312 e. The topological polar surface area (TPSA) is 12.0 Å². The third-order valence-corrected chi connectivity index (χ3v) is 3.25. The van der Waals surface area contributed by atoms with Crippen molar-refractivity contribution in [3.8, 4) is 0 Å². The van der Waals surface area contributed by atoms with Crippen molar-refractivity contribution < 1.29 is 13.2 Å². The summed E-state index contributed by atoms with van der Waals surface area (Å²) < 4.78 is 38.8. The van der Waals surface area contributed by atoms with Crippen LogP contribution in [0.3, 0.4) is 0 Å². The fourth-order valence-corrected chi connectivity index (χ4v) is 2.18. The molecule has 0 heterocycles. The van der Waals surface area contributed by atoms with Crippen LogP contribution >= 0.6 is 11.8 Å². The Hall–Kier alpha value is -0.680. The maximum absolute atomic E-state index is 13.3. The molecule has 1 aromatic rings. The van der Waals surface area contributed by atoms with Gasteiger partial charge in [-0.2, -0.15) is 11.8 Å². The van der Waals surface area contributed by atoms with Gasteiger partial charge in [0.2, 0.25) is 0 Å². The number of hydrogen-bond donors (Lipinski definition) is 1. The predicted molar refractivity (Wildman–Crippen MR) is 65.6 cm³/mol. The van der Waals surface area contributed by atoms with Crippen LogP contribution in [0.25, 0.3) is 0 Å². The Kier molecular flexibility index (Phi) is 5.85. The summed E-state index contributed by atoms with van der Waals surface area (Å²) in [5.74, 6) is -1.41. The second-order valence-electron chi connectivity index (χ2n) is 4.05. The predicted octanol–water partition coefficient (Wildman–Crippen LogP) is 3.19. The molecule has 0 aliphatic carbocycles. The number of rotatable bonds is 6. The highest BCUT2D eigenvalue weighted by molar-refractivity contribution is 7.98. The van der Waals surface area contributed by atoms with E-state index < -0.39 is 17.5 Å². The molecule has 0 bridgehead atoms. The summed E-state index contributed by atoms with van der Waals surface area (Å²) in [6.07, 6.45) is 2.02. The van der Waals surface area contributed by atoms with E-state index in [4.69, 9.17) is 0 Å². The van der Waals surface area contributed by atoms with Crippen molar-refractivity contribution in [1.29, 1.82) is 0 Å². The lowest BCUT2D eigenvalue weighted by Crippen LogP contribution is -2.22. The standard InChI is InChI=1S/C12H16F3NS/c1-8(7-17-2)5-16-6-9-3-11(14)12(15)4-10(9)13/h3-4,8,16H,5-7H2,1-2H3. The monoisotopic (exact) mass is 263 g/mol. The molecule has 5 heteroatoms. The summed E-state index contributed by atoms with van der Waals surface area (Å²) in [4.78, 5) is 0. The molecular formula is C12H16F3NS. The van der Waals surface area contributed by atoms with Crippen molar-refractivity contribution in [1.82, 2.24) is 5.32 Å². The molecule has 1 atom stereocenters. The normalized spacial score (nSPS) is 12.8. The summed E-state index contributed by atoms with van der Waals surface area (Å²) in [6.45, 7) is 3.01. The van der Waals surface area contributed by atoms with Crippen LogP contribution in [-0.2, 0) is 6.54 Å². The lowest BCUT2D eigenvalue weighted by Gasteiger charge is -2.11. The van der Waals surface area contributed by atoms with Crippen molar-refractivity contribution in [2.24, 2.45) is 5.92 Å². The van der Waals surface area contributed by atoms with Crippen LogP contribution in [0.1, 0.15) is 12.5 Å². The van der Waals surface area contributed by atoms with Crippen molar-refractivity contribution in [2.75, 3.05) is 18.6 Å². The number of nitrogens with one attached hydrogen (secondary N) is 1. The maximum Gasteiger partial charge on any atom is 0.161 e. The Bertz CT molecular complexity index is 371. The lowest BCUT2D eigenvalue weighted by molar-refractivity contribution is 0.483. The van der Waals surface area contributed by atoms with Gasteiger partial charge in [-0.05, 0) is 30.5 Å². The average Bonchev–Trinajstić information content (AvgIpc) is 2.26. The zero-order valence-corrected chi connectivity index (χ0v) is 10.7. The molecule has 0 saturated carbocycles. The molecule has 1 rings (SSSR count). The van der Waals surface area contributed by atoms with E-state index in [9.17, 15) is 13.2 Å². The van der Waals surface area contributed by atoms with Crippen LogP contribution in [0, 0.1) is 23.4 Å². The molecule has 0 saturated heterocycles. The molecule has 1 aromatic carbocycles. The van der Waals surface area contributed by atoms with Crippen molar-refractivity contribution in [3.63, 3.8) is 0 Å². The van der Waals surface area contributed by atoms with Crippen LogP contribution in [0.5, 0.6) is 0 Å². The van der Waals surface area contributed by atoms with Gasteiger partial charge < -0.3 is 5.32 Å². The van der Waals surface area contributed by atoms with E-state index in [0.29, 0.717) is 12.0 Å². The van der Waals surface area contributed by atoms with Gasteiger partial charge in [-0.3, -0.25) is 0 Å². The molecule has 0 aromatic heterocycles. The van der Waals surface area contributed by atoms with Gasteiger partial charge in [0.05, 0.1) is 0 Å². The fraction of sp³-hybridized carbons (Fsp3) is 0.500. The smallest absolute Gasteiger partial charge is 0.161 e. The van der Waals surface area contributed by atoms with Gasteiger partial charge in [0.25, 0.3) is 0 Å². The summed E-state index contributed by atoms with van der Waals surface area (Å²) >= 11 is 1.74. The van der Waals surface area contributed by atoms with Gasteiger partial charge in [0.1, 0.15) is 5.82 Å². The number of hydrogen-bond acceptors (Lipinski definition) is 2. The molecule has 17 heavy (non-hydrogen) atoms. The minimum absolute atomic E-state index is 0.153. The molecule has 0 aliphatic heterocycles. The quantitative estimate of drug-likeness (QED) is 0.791. The third-order valence-electron chi connectivity index (χ3n) is 2.35. The third kappa shape index (κ3) is 4.60. The van der Waals surface area contributed by atoms with E-state index in [-0.39, 0.29) is 12.1 Å². The van der Waals surface area contributed by atoms with Crippen molar-refractivity contribution >= 4 is 11.8 Å². The van der Waals surface area contributed by atoms with Crippen LogP contribution < -0.4 is 5.32 Å². The number of halogens is 3. The second kappa shape index (κ2) is 6.91. The van der Waals surface area contributed by atoms with E-state index in [0.717, 1.165) is 18.4 Å². The summed E-state index contributed by atoms with van der Waals surface area (Å²) in [7, 11) is 0. The lowest BCUT2D eigenvalue weighted by atomic mass is 10.1. The van der Waals surface area contributed by atoms with E-state index in [1.54, 1.807) is 11.8 Å². The van der Waals surface area contributed by atoms with Gasteiger partial charge in [-0.1, -0.05) is 6.92 Å². The molecular weight excluding hydrogens is 247 g/mol. The minimum atomic E-state index is -1.15. The Morgan fingerprint density at radius 2 is 1.82 bits per heavy atom. The molecule has 0 aliphatic rings. The van der Waals surface area contributed by atoms with Gasteiger partial charge in [0, 0.05) is 18.2 Å². The molecule has 1 N–H and O–H groups in total. The fourth-order valence-electron chi connectivity index (χ4n) is 1.50. The Labute approximate surface area is 104 Å². The first-order chi connectivity index (χ1) is 8.04. The van der Waals surface area contributed by atoms with Gasteiger partial charge >= 0.3 is 0 Å². The molecule has 0 amide bonds. The summed E-state index contributed by atoms with van der Waals surface area (Å²) in [6, 6.07) is 1.48. The Morgan fingerprint density at radius 1 is 1.18 bits per heavy atom. The van der Waals surface area contributed by atoms with Gasteiger partial charge in [-0.15, -0.1) is 0 Å². The SMILES string of the molecule is CSCC(C)CNCc1cc(F)c(F)cc1F. The summed E-state index contributed by atoms with van der Waals surface area (Å²) in [5.41, 5.74) is 0.153. The van der Waals surface area contributed by atoms with Crippen LogP contribution in [-0.4, -0.2) is 18.6 Å². The zero-order valence-electron chi connectivity index (χ0n) is 9.90. The highest BCUT2D eigenvalue weighted by Crippen LogP contribution is 2.13. The van der Waals surface area contributed by atoms with E-state index in [1.807, 2.05) is 6.26 Å². The summed E-state index contributed by atoms with van der Waals surface area (Å²) in [5, 5.41) is 3.03. The molecule has 1 nitrogen and oxygen atoms in total. The van der Waals surface area contributed by atoms with Gasteiger partial charge in [-0.25, -0.2) is 13.2 Å². The molecule has 1 unspecified atom stereocenters. The molecule has 0 spiro atoms. The maximum atomic E-state index is 13.3. The first-order valence-corrected chi connectivity index (χ1v) is 6.77. The highest BCUT2D eigenvalue weighted by atomic mass is 32.2. The van der Waals surface area contributed by atoms with Crippen LogP contribution in [0.15, 0.2) is 12.1 Å². The van der Waals surface area contributed by atoms with E-state index >= 15 is 0 Å². The second-order valence-corrected chi connectivity index (χ2v) is 4.96. The van der Waals surface area contributed by atoms with Gasteiger partial charge in [0.15, 0.2) is 11.6 Å². The molecule has 0 fully saturated rings. The Balaban J connectivity index is 2.49. The number of thioether (sulfide) groups is 1. The van der Waals surface area contributed by atoms with E-state index in [1.165, 1.54) is 0 Å². The highest BCUT2D eigenvalue weighted by Gasteiger charge is 2.09. The first kappa shape index (κ1) is 14.4. The van der Waals surface area contributed by atoms with Crippen molar-refractivity contribution in [3.05, 3.63) is 35.1 Å². The number of benzene rings is 1. The molecule has 0 radical (unpaired) electrons. The van der Waals surface area contributed by atoms with Crippen LogP contribution in [0.4, 0.5) is 13.2 Å². The van der Waals surface area contributed by atoms with Crippen molar-refractivity contribution in [2.45, 2.75) is 13.5 Å². The minimum Gasteiger partial charge on any atom is -0.312 e. The Morgan fingerprint density at radius 3 is 2.47 bits per heavy atom. The zero-order chi connectivity index (χ0) is 12.8. The van der Waals surface area contributed by atoms with Crippen LogP contribution in [0.2, 0.25) is 0 Å². The van der Waals surface area contributed by atoms with E-state index in [2.05, 4.69) is 12.2 Å². The first-order valence-electron chi connectivity index (χ1n) is 5.37.